The molecule has 0 unspecified atom stereocenters. The van der Waals surface area contributed by atoms with Gasteiger partial charge in [-0.15, -0.1) is 0 Å². The first-order valence-corrected chi connectivity index (χ1v) is 19.4. The van der Waals surface area contributed by atoms with E-state index in [1.807, 2.05) is 13.8 Å². The van der Waals surface area contributed by atoms with E-state index in [4.69, 9.17) is 48.1 Å². The van der Waals surface area contributed by atoms with Crippen molar-refractivity contribution in [2.24, 2.45) is 0 Å². The van der Waals surface area contributed by atoms with Gasteiger partial charge in [0.1, 0.15) is 25.3 Å². The van der Waals surface area contributed by atoms with Crippen LogP contribution in [0.4, 0.5) is 9.59 Å². The monoisotopic (exact) mass is 810 g/mol. The number of carboxylic acids is 2. The second kappa shape index (κ2) is 38.1. The highest BCUT2D eigenvalue weighted by Gasteiger charge is 2.24. The summed E-state index contributed by atoms with van der Waals surface area (Å²) in [5, 5.41) is 28.4. The Hall–Kier alpha value is -3.82. The molecule has 0 aliphatic rings. The number of esters is 2. The number of hydrogen-bond acceptors (Lipinski definition) is 14. The second-order valence-corrected chi connectivity index (χ2v) is 12.1. The van der Waals surface area contributed by atoms with E-state index in [1.54, 1.807) is 0 Å². The van der Waals surface area contributed by atoms with Crippen molar-refractivity contribution >= 4 is 35.9 Å². The maximum Gasteiger partial charge on any atom is 0.328 e. The standard InChI is InChI=1S/C36H66N4O16/c1-3-49-17-19-51-21-23-53-25-27-55-33(45)29(11-13-31(41)42)39-35(47)37-15-9-7-5-6-8-10-16-38-36(48)40-30(12-14-32(43)44)34(46)56-28-26-54-24-22-52-20-18-50-4-2/h29-30H,3-28H2,1-2H3,(H,41,42)(H,43,44)(H2,37,39,47)(H2,38,40,48)/t29-,30-/m0/s1. The fourth-order valence-corrected chi connectivity index (χ4v) is 4.58. The van der Waals surface area contributed by atoms with Gasteiger partial charge in [-0.2, -0.15) is 0 Å². The van der Waals surface area contributed by atoms with Crippen LogP contribution >= 0.6 is 0 Å². The highest BCUT2D eigenvalue weighted by atomic mass is 16.6. The fourth-order valence-electron chi connectivity index (χ4n) is 4.58. The molecule has 0 rings (SSSR count). The highest BCUT2D eigenvalue weighted by molar-refractivity contribution is 5.84. The number of urea groups is 2. The lowest BCUT2D eigenvalue weighted by atomic mass is 10.1. The zero-order chi connectivity index (χ0) is 41.5. The van der Waals surface area contributed by atoms with Gasteiger partial charge < -0.3 is 69.4 Å². The van der Waals surface area contributed by atoms with Gasteiger partial charge in [-0.3, -0.25) is 9.59 Å². The van der Waals surface area contributed by atoms with E-state index < -0.39 is 48.0 Å². The minimum absolute atomic E-state index is 0.0651. The summed E-state index contributed by atoms with van der Waals surface area (Å²) in [5.41, 5.74) is 0. The van der Waals surface area contributed by atoms with Crippen LogP contribution in [0.5, 0.6) is 0 Å². The van der Waals surface area contributed by atoms with E-state index in [2.05, 4.69) is 21.3 Å². The van der Waals surface area contributed by atoms with Crippen LogP contribution in [-0.4, -0.2) is 164 Å². The van der Waals surface area contributed by atoms with E-state index in [9.17, 15) is 28.8 Å². The minimum Gasteiger partial charge on any atom is -0.481 e. The van der Waals surface area contributed by atoms with Gasteiger partial charge in [0.25, 0.3) is 0 Å². The lowest BCUT2D eigenvalue weighted by Crippen LogP contribution is -2.47. The number of amides is 4. The van der Waals surface area contributed by atoms with Crippen LogP contribution in [0.3, 0.4) is 0 Å². The molecule has 0 radical (unpaired) electrons. The topological polar surface area (TPSA) is 265 Å². The van der Waals surface area contributed by atoms with E-state index in [-0.39, 0.29) is 52.1 Å². The summed E-state index contributed by atoms with van der Waals surface area (Å²) >= 11 is 0. The molecule has 0 aliphatic heterocycles. The van der Waals surface area contributed by atoms with Crippen molar-refractivity contribution in [1.82, 2.24) is 21.3 Å². The lowest BCUT2D eigenvalue weighted by molar-refractivity contribution is -0.149. The van der Waals surface area contributed by atoms with Crippen molar-refractivity contribution in [1.29, 1.82) is 0 Å². The average molecular weight is 811 g/mol. The maximum absolute atomic E-state index is 12.5. The molecule has 6 N–H and O–H groups in total. The molecule has 4 amide bonds. The molecule has 0 aromatic rings. The third kappa shape index (κ3) is 34.7. The van der Waals surface area contributed by atoms with Gasteiger partial charge in [0, 0.05) is 39.1 Å². The van der Waals surface area contributed by atoms with Crippen LogP contribution in [0.25, 0.3) is 0 Å². The number of carboxylic acid groups (broad SMARTS) is 2. The first-order valence-electron chi connectivity index (χ1n) is 19.4. The van der Waals surface area contributed by atoms with Crippen LogP contribution in [0.15, 0.2) is 0 Å². The van der Waals surface area contributed by atoms with Gasteiger partial charge >= 0.3 is 35.9 Å². The molecular formula is C36H66N4O16. The highest BCUT2D eigenvalue weighted by Crippen LogP contribution is 2.06. The Morgan fingerprint density at radius 3 is 1.07 bits per heavy atom. The maximum atomic E-state index is 12.5. The van der Waals surface area contributed by atoms with Crippen molar-refractivity contribution in [2.75, 3.05) is 106 Å². The second-order valence-electron chi connectivity index (χ2n) is 12.1. The number of carbonyl (C=O) groups is 6. The summed E-state index contributed by atoms with van der Waals surface area (Å²) in [7, 11) is 0. The molecular weight excluding hydrogens is 744 g/mol. The van der Waals surface area contributed by atoms with Gasteiger partial charge in [-0.25, -0.2) is 19.2 Å². The molecule has 20 heteroatoms. The summed E-state index contributed by atoms with van der Waals surface area (Å²) in [6, 6.07) is -3.49. The summed E-state index contributed by atoms with van der Waals surface area (Å²) < 4.78 is 41.9. The molecule has 20 nitrogen and oxygen atoms in total. The molecule has 0 fully saturated rings. The number of aliphatic carboxylic acids is 2. The molecule has 56 heavy (non-hydrogen) atoms. The summed E-state index contributed by atoms with van der Waals surface area (Å²) in [6.45, 7) is 9.01. The quantitative estimate of drug-likeness (QED) is 0.0381. The number of rotatable bonds is 39. The molecule has 0 heterocycles. The number of unbranched alkanes of at least 4 members (excludes halogenated alkanes) is 5. The van der Waals surface area contributed by atoms with Crippen molar-refractivity contribution < 1.29 is 76.9 Å². The Kier molecular flexibility index (Phi) is 35.5. The van der Waals surface area contributed by atoms with E-state index >= 15 is 0 Å². The SMILES string of the molecule is CCOCCOCCOCCOC(=O)[C@H](CCC(=O)O)NC(=O)NCCCCCCCCNC(=O)N[C@@H](CCC(=O)O)C(=O)OCCOCCOCCOCC. The Morgan fingerprint density at radius 1 is 0.446 bits per heavy atom. The minimum atomic E-state index is -1.13. The van der Waals surface area contributed by atoms with Crippen LogP contribution in [0, 0.1) is 0 Å². The van der Waals surface area contributed by atoms with Crippen molar-refractivity contribution in [2.45, 2.75) is 90.1 Å². The third-order valence-corrected chi connectivity index (χ3v) is 7.49. The molecule has 0 aromatic heterocycles. The van der Waals surface area contributed by atoms with E-state index in [1.165, 1.54) is 0 Å². The normalized spacial score (nSPS) is 12.0. The molecule has 2 atom stereocenters. The van der Waals surface area contributed by atoms with Crippen molar-refractivity contribution in [3.8, 4) is 0 Å². The first-order chi connectivity index (χ1) is 27.1. The molecule has 0 saturated heterocycles. The van der Waals surface area contributed by atoms with Gasteiger partial charge in [0.2, 0.25) is 0 Å². The van der Waals surface area contributed by atoms with Gasteiger partial charge in [0.15, 0.2) is 0 Å². The Labute approximate surface area is 329 Å². The van der Waals surface area contributed by atoms with Crippen molar-refractivity contribution in [3.05, 3.63) is 0 Å². The zero-order valence-corrected chi connectivity index (χ0v) is 33.1. The third-order valence-electron chi connectivity index (χ3n) is 7.49. The average Bonchev–Trinajstić information content (AvgIpc) is 3.16. The molecule has 0 saturated carbocycles. The van der Waals surface area contributed by atoms with Crippen LogP contribution in [0.1, 0.15) is 78.1 Å². The molecule has 0 aliphatic carbocycles. The van der Waals surface area contributed by atoms with Gasteiger partial charge in [-0.1, -0.05) is 25.7 Å². The Bertz CT molecular complexity index is 975. The van der Waals surface area contributed by atoms with Gasteiger partial charge in [0.05, 0.1) is 66.1 Å². The number of hydrogen-bond donors (Lipinski definition) is 6. The Balaban J connectivity index is 4.17. The summed E-state index contributed by atoms with van der Waals surface area (Å²) in [6.07, 6.45) is 3.80. The summed E-state index contributed by atoms with van der Waals surface area (Å²) in [5.74, 6) is -3.73. The van der Waals surface area contributed by atoms with E-state index in [0.717, 1.165) is 25.7 Å². The number of carbonyl (C=O) groups excluding carboxylic acids is 4. The van der Waals surface area contributed by atoms with Crippen LogP contribution in [-0.2, 0) is 57.1 Å². The van der Waals surface area contributed by atoms with Crippen LogP contribution < -0.4 is 21.3 Å². The van der Waals surface area contributed by atoms with Crippen molar-refractivity contribution in [3.63, 3.8) is 0 Å². The lowest BCUT2D eigenvalue weighted by Gasteiger charge is -2.17. The van der Waals surface area contributed by atoms with Crippen LogP contribution in [0.2, 0.25) is 0 Å². The summed E-state index contributed by atoms with van der Waals surface area (Å²) in [4.78, 5) is 71.8. The van der Waals surface area contributed by atoms with Gasteiger partial charge in [-0.05, 0) is 39.5 Å². The zero-order valence-electron chi connectivity index (χ0n) is 33.1. The fraction of sp³-hybridized carbons (Fsp3) is 0.833. The molecule has 0 aromatic carbocycles. The predicted molar refractivity (Wildman–Crippen MR) is 200 cm³/mol. The molecule has 0 spiro atoms. The Morgan fingerprint density at radius 2 is 0.750 bits per heavy atom. The number of nitrogens with one attached hydrogen (secondary N) is 4. The first kappa shape index (κ1) is 52.2. The largest absolute Gasteiger partial charge is 0.481 e. The van der Waals surface area contributed by atoms with E-state index in [0.29, 0.717) is 92.0 Å². The molecule has 0 bridgehead atoms. The predicted octanol–water partition coefficient (Wildman–Crippen LogP) is 1.62. The number of ether oxygens (including phenoxy) is 8. The molecule has 326 valence electrons. The smallest absolute Gasteiger partial charge is 0.328 e.